The lowest BCUT2D eigenvalue weighted by Gasteiger charge is -2.14. The van der Waals surface area contributed by atoms with Gasteiger partial charge < -0.3 is 10.4 Å². The van der Waals surface area contributed by atoms with Crippen LogP contribution in [0, 0.1) is 0 Å². The van der Waals surface area contributed by atoms with Crippen molar-refractivity contribution in [2.75, 3.05) is 0 Å². The van der Waals surface area contributed by atoms with Crippen LogP contribution in [0.5, 0.6) is 0 Å². The third-order valence-corrected chi connectivity index (χ3v) is 3.42. The van der Waals surface area contributed by atoms with Crippen molar-refractivity contribution in [1.29, 1.82) is 0 Å². The van der Waals surface area contributed by atoms with E-state index in [0.29, 0.717) is 10.6 Å². The van der Waals surface area contributed by atoms with Gasteiger partial charge in [0.25, 0.3) is 5.91 Å². The molecule has 0 bridgehead atoms. The standard InChI is InChI=1S/C17H18ClNO2/c1-11(2)19-17(21)16(20)13-9-7-12(8-10-13)14-5-3-4-6-15(14)18/h3-11,16,20H,1-2H3,(H,19,21). The Bertz CT molecular complexity index is 623. The Labute approximate surface area is 129 Å². The van der Waals surface area contributed by atoms with Crippen LogP contribution in [0.3, 0.4) is 0 Å². The summed E-state index contributed by atoms with van der Waals surface area (Å²) in [4.78, 5) is 11.8. The van der Waals surface area contributed by atoms with Gasteiger partial charge in [0.1, 0.15) is 0 Å². The zero-order chi connectivity index (χ0) is 15.4. The largest absolute Gasteiger partial charge is 0.378 e. The van der Waals surface area contributed by atoms with Crippen molar-refractivity contribution < 1.29 is 9.90 Å². The molecule has 0 saturated heterocycles. The molecule has 0 aliphatic carbocycles. The van der Waals surface area contributed by atoms with Gasteiger partial charge in [0, 0.05) is 16.6 Å². The van der Waals surface area contributed by atoms with Crippen LogP contribution < -0.4 is 5.32 Å². The Kier molecular flexibility index (Phi) is 4.99. The second-order valence-electron chi connectivity index (χ2n) is 5.17. The molecule has 1 unspecified atom stereocenters. The zero-order valence-electron chi connectivity index (χ0n) is 12.0. The maximum atomic E-state index is 11.8. The summed E-state index contributed by atoms with van der Waals surface area (Å²) in [5.41, 5.74) is 2.43. The lowest BCUT2D eigenvalue weighted by Crippen LogP contribution is -2.34. The van der Waals surface area contributed by atoms with Crippen molar-refractivity contribution in [3.63, 3.8) is 0 Å². The van der Waals surface area contributed by atoms with Crippen LogP contribution in [-0.4, -0.2) is 17.1 Å². The van der Waals surface area contributed by atoms with E-state index in [4.69, 9.17) is 11.6 Å². The Balaban J connectivity index is 2.19. The lowest BCUT2D eigenvalue weighted by atomic mass is 10.0. The first-order chi connectivity index (χ1) is 9.99. The van der Waals surface area contributed by atoms with Crippen LogP contribution in [0.2, 0.25) is 5.02 Å². The number of nitrogens with one attached hydrogen (secondary N) is 1. The molecule has 2 aromatic carbocycles. The van der Waals surface area contributed by atoms with Gasteiger partial charge >= 0.3 is 0 Å². The van der Waals surface area contributed by atoms with Gasteiger partial charge in [0.05, 0.1) is 0 Å². The number of aliphatic hydroxyl groups excluding tert-OH is 1. The van der Waals surface area contributed by atoms with Crippen molar-refractivity contribution in [2.24, 2.45) is 0 Å². The Morgan fingerprint density at radius 1 is 1.10 bits per heavy atom. The molecule has 4 heteroatoms. The summed E-state index contributed by atoms with van der Waals surface area (Å²) in [7, 11) is 0. The van der Waals surface area contributed by atoms with Crippen LogP contribution in [0.25, 0.3) is 11.1 Å². The average molecular weight is 304 g/mol. The van der Waals surface area contributed by atoms with Gasteiger partial charge in [0.2, 0.25) is 0 Å². The second-order valence-corrected chi connectivity index (χ2v) is 5.57. The van der Waals surface area contributed by atoms with Crippen molar-refractivity contribution in [1.82, 2.24) is 5.32 Å². The summed E-state index contributed by atoms with van der Waals surface area (Å²) >= 11 is 6.16. The normalized spacial score (nSPS) is 12.2. The first kappa shape index (κ1) is 15.5. The van der Waals surface area contributed by atoms with E-state index in [2.05, 4.69) is 5.32 Å². The van der Waals surface area contributed by atoms with Gasteiger partial charge in [-0.3, -0.25) is 4.79 Å². The maximum absolute atomic E-state index is 11.8. The SMILES string of the molecule is CC(C)NC(=O)C(O)c1ccc(-c2ccccc2Cl)cc1. The summed E-state index contributed by atoms with van der Waals surface area (Å²) in [6, 6.07) is 14.7. The summed E-state index contributed by atoms with van der Waals surface area (Å²) in [6.45, 7) is 3.70. The predicted octanol–water partition coefficient (Wildman–Crippen LogP) is 3.57. The molecule has 0 spiro atoms. The molecule has 1 amide bonds. The molecule has 1 atom stereocenters. The molecule has 0 aliphatic rings. The molecule has 2 aromatic rings. The molecule has 2 rings (SSSR count). The van der Waals surface area contributed by atoms with Gasteiger partial charge in [-0.25, -0.2) is 0 Å². The topological polar surface area (TPSA) is 49.3 Å². The Morgan fingerprint density at radius 2 is 1.71 bits per heavy atom. The molecule has 0 fully saturated rings. The molecule has 0 aliphatic heterocycles. The molecule has 110 valence electrons. The van der Waals surface area contributed by atoms with Crippen LogP contribution >= 0.6 is 11.6 Å². The van der Waals surface area contributed by atoms with E-state index in [1.807, 2.05) is 50.2 Å². The van der Waals surface area contributed by atoms with Gasteiger partial charge in [-0.15, -0.1) is 0 Å². The fourth-order valence-electron chi connectivity index (χ4n) is 2.06. The van der Waals surface area contributed by atoms with E-state index in [0.717, 1.165) is 11.1 Å². The highest BCUT2D eigenvalue weighted by Gasteiger charge is 2.17. The highest BCUT2D eigenvalue weighted by atomic mass is 35.5. The number of halogens is 1. The van der Waals surface area contributed by atoms with Gasteiger partial charge in [-0.05, 0) is 31.0 Å². The highest BCUT2D eigenvalue weighted by molar-refractivity contribution is 6.33. The molecule has 21 heavy (non-hydrogen) atoms. The van der Waals surface area contributed by atoms with E-state index in [9.17, 15) is 9.90 Å². The van der Waals surface area contributed by atoms with Crippen molar-refractivity contribution in [2.45, 2.75) is 26.0 Å². The average Bonchev–Trinajstić information content (AvgIpc) is 2.46. The molecule has 3 nitrogen and oxygen atoms in total. The quantitative estimate of drug-likeness (QED) is 0.907. The summed E-state index contributed by atoms with van der Waals surface area (Å²) < 4.78 is 0. The predicted molar refractivity (Wildman–Crippen MR) is 85.1 cm³/mol. The van der Waals surface area contributed by atoms with Gasteiger partial charge in [0.15, 0.2) is 6.10 Å². The number of rotatable bonds is 4. The molecule has 0 saturated carbocycles. The van der Waals surface area contributed by atoms with Crippen LogP contribution in [-0.2, 0) is 4.79 Å². The number of hydrogen-bond acceptors (Lipinski definition) is 2. The third kappa shape index (κ3) is 3.84. The van der Waals surface area contributed by atoms with Crippen LogP contribution in [0.4, 0.5) is 0 Å². The number of amides is 1. The van der Waals surface area contributed by atoms with Crippen molar-refractivity contribution in [3.05, 3.63) is 59.1 Å². The number of carbonyl (C=O) groups is 1. The molecule has 2 N–H and O–H groups in total. The van der Waals surface area contributed by atoms with E-state index in [1.165, 1.54) is 0 Å². The second kappa shape index (κ2) is 6.74. The van der Waals surface area contributed by atoms with E-state index in [1.54, 1.807) is 12.1 Å². The maximum Gasteiger partial charge on any atom is 0.253 e. The fraction of sp³-hybridized carbons (Fsp3) is 0.235. The minimum absolute atomic E-state index is 0.00505. The number of aliphatic hydroxyl groups is 1. The van der Waals surface area contributed by atoms with E-state index in [-0.39, 0.29) is 6.04 Å². The zero-order valence-corrected chi connectivity index (χ0v) is 12.8. The lowest BCUT2D eigenvalue weighted by molar-refractivity contribution is -0.130. The summed E-state index contributed by atoms with van der Waals surface area (Å²) in [6.07, 6.45) is -1.16. The highest BCUT2D eigenvalue weighted by Crippen LogP contribution is 2.28. The van der Waals surface area contributed by atoms with Gasteiger partial charge in [-0.2, -0.15) is 0 Å². The van der Waals surface area contributed by atoms with Crippen LogP contribution in [0.1, 0.15) is 25.5 Å². The summed E-state index contributed by atoms with van der Waals surface area (Å²) in [5, 5.41) is 13.4. The fourth-order valence-corrected chi connectivity index (χ4v) is 2.30. The number of benzene rings is 2. The van der Waals surface area contributed by atoms with Gasteiger partial charge in [-0.1, -0.05) is 54.1 Å². The molecular formula is C17H18ClNO2. The molecular weight excluding hydrogens is 286 g/mol. The molecule has 0 aromatic heterocycles. The monoisotopic (exact) mass is 303 g/mol. The minimum atomic E-state index is -1.16. The Hall–Kier alpha value is -1.84. The minimum Gasteiger partial charge on any atom is -0.378 e. The van der Waals surface area contributed by atoms with Crippen molar-refractivity contribution >= 4 is 17.5 Å². The number of carbonyl (C=O) groups excluding carboxylic acids is 1. The first-order valence-corrected chi connectivity index (χ1v) is 7.20. The smallest absolute Gasteiger partial charge is 0.253 e. The molecule has 0 heterocycles. The number of hydrogen-bond donors (Lipinski definition) is 2. The first-order valence-electron chi connectivity index (χ1n) is 6.82. The Morgan fingerprint density at radius 3 is 2.29 bits per heavy atom. The summed E-state index contributed by atoms with van der Waals surface area (Å²) in [5.74, 6) is -0.393. The van der Waals surface area contributed by atoms with E-state index < -0.39 is 12.0 Å². The molecule has 0 radical (unpaired) electrons. The van der Waals surface area contributed by atoms with Crippen molar-refractivity contribution in [3.8, 4) is 11.1 Å². The van der Waals surface area contributed by atoms with E-state index >= 15 is 0 Å². The van der Waals surface area contributed by atoms with Crippen LogP contribution in [0.15, 0.2) is 48.5 Å². The third-order valence-electron chi connectivity index (χ3n) is 3.09.